The molecule has 1 aliphatic rings. The average molecular weight is 264 g/mol. The molecule has 1 aliphatic carbocycles. The molecule has 1 heterocycles. The Hall–Kier alpha value is -1.00. The predicted molar refractivity (Wildman–Crippen MR) is 73.7 cm³/mol. The lowest BCUT2D eigenvalue weighted by molar-refractivity contribution is -0.0648. The first kappa shape index (κ1) is 14.4. The maximum atomic E-state index is 9.66. The van der Waals surface area contributed by atoms with Gasteiger partial charge in [-0.2, -0.15) is 0 Å². The molecule has 1 aromatic heterocycles. The van der Waals surface area contributed by atoms with E-state index in [-0.39, 0.29) is 5.60 Å². The van der Waals surface area contributed by atoms with Gasteiger partial charge in [-0.05, 0) is 39.0 Å². The minimum atomic E-state index is -0.530. The van der Waals surface area contributed by atoms with Crippen LogP contribution in [0, 0.1) is 12.8 Å². The van der Waals surface area contributed by atoms with Crippen molar-refractivity contribution < 1.29 is 9.84 Å². The second-order valence-electron chi connectivity index (χ2n) is 5.81. The van der Waals surface area contributed by atoms with E-state index in [4.69, 9.17) is 4.74 Å². The molecule has 0 saturated heterocycles. The van der Waals surface area contributed by atoms with Crippen molar-refractivity contribution in [1.82, 2.24) is 9.97 Å². The van der Waals surface area contributed by atoms with Crippen molar-refractivity contribution in [1.29, 1.82) is 0 Å². The molecule has 0 bridgehead atoms. The molecule has 0 amide bonds. The average Bonchev–Trinajstić information content (AvgIpc) is 2.38. The minimum absolute atomic E-state index is 0.348. The van der Waals surface area contributed by atoms with Gasteiger partial charge in [0, 0.05) is 24.6 Å². The van der Waals surface area contributed by atoms with Crippen molar-refractivity contribution in [2.45, 2.75) is 58.2 Å². The summed E-state index contributed by atoms with van der Waals surface area (Å²) in [6.45, 7) is 5.91. The number of methoxy groups -OCH3 is 1. The Morgan fingerprint density at radius 2 is 2.26 bits per heavy atom. The van der Waals surface area contributed by atoms with Crippen LogP contribution in [0.15, 0.2) is 6.20 Å². The number of hydrogen-bond donors (Lipinski definition) is 1. The van der Waals surface area contributed by atoms with E-state index in [0.717, 1.165) is 36.3 Å². The van der Waals surface area contributed by atoms with Crippen LogP contribution in [0.1, 0.15) is 62.7 Å². The summed E-state index contributed by atoms with van der Waals surface area (Å²) in [6, 6.07) is 0. The van der Waals surface area contributed by atoms with Crippen LogP contribution < -0.4 is 0 Å². The van der Waals surface area contributed by atoms with Gasteiger partial charge in [-0.1, -0.05) is 13.3 Å². The van der Waals surface area contributed by atoms with Crippen LogP contribution in [-0.4, -0.2) is 22.2 Å². The van der Waals surface area contributed by atoms with Crippen LogP contribution in [-0.2, 0) is 10.3 Å². The van der Waals surface area contributed by atoms with Gasteiger partial charge in [0.25, 0.3) is 0 Å². The van der Waals surface area contributed by atoms with E-state index in [1.807, 2.05) is 6.92 Å². The molecular weight excluding hydrogens is 240 g/mol. The summed E-state index contributed by atoms with van der Waals surface area (Å²) in [5, 5.41) is 9.66. The van der Waals surface area contributed by atoms with Gasteiger partial charge in [-0.3, -0.25) is 0 Å². The minimum Gasteiger partial charge on any atom is -0.389 e. The molecule has 4 heteroatoms. The highest BCUT2D eigenvalue weighted by molar-refractivity contribution is 5.20. The molecule has 1 aromatic rings. The molecule has 106 valence electrons. The van der Waals surface area contributed by atoms with Crippen molar-refractivity contribution in [3.63, 3.8) is 0 Å². The van der Waals surface area contributed by atoms with Crippen molar-refractivity contribution in [3.8, 4) is 0 Å². The van der Waals surface area contributed by atoms with E-state index >= 15 is 0 Å². The Morgan fingerprint density at radius 3 is 2.79 bits per heavy atom. The first-order valence-electron chi connectivity index (χ1n) is 7.06. The molecule has 3 atom stereocenters. The molecule has 1 fully saturated rings. The lowest BCUT2D eigenvalue weighted by atomic mass is 9.78. The predicted octanol–water partition coefficient (Wildman–Crippen LogP) is 2.89. The number of hydrogen-bond acceptors (Lipinski definition) is 4. The van der Waals surface area contributed by atoms with Crippen LogP contribution in [0.25, 0.3) is 0 Å². The van der Waals surface area contributed by atoms with Gasteiger partial charge in [0.2, 0.25) is 0 Å². The highest BCUT2D eigenvalue weighted by atomic mass is 16.5. The first-order valence-corrected chi connectivity index (χ1v) is 7.06. The van der Waals surface area contributed by atoms with Crippen molar-refractivity contribution in [3.05, 3.63) is 23.3 Å². The van der Waals surface area contributed by atoms with E-state index in [1.54, 1.807) is 20.2 Å². The largest absolute Gasteiger partial charge is 0.389 e. The summed E-state index contributed by atoms with van der Waals surface area (Å²) in [5.74, 6) is 1.40. The molecule has 1 N–H and O–H groups in total. The van der Waals surface area contributed by atoms with Crippen molar-refractivity contribution in [2.24, 2.45) is 5.92 Å². The number of rotatable bonds is 3. The number of aliphatic hydroxyl groups excluding tert-OH is 1. The van der Waals surface area contributed by atoms with Gasteiger partial charge in [-0.15, -0.1) is 0 Å². The molecule has 0 spiro atoms. The zero-order valence-electron chi connectivity index (χ0n) is 12.3. The van der Waals surface area contributed by atoms with E-state index in [2.05, 4.69) is 16.9 Å². The summed E-state index contributed by atoms with van der Waals surface area (Å²) in [4.78, 5) is 9.07. The topological polar surface area (TPSA) is 55.2 Å². The molecule has 0 aliphatic heterocycles. The second-order valence-corrected chi connectivity index (χ2v) is 5.81. The SMILES string of the molecule is COC1(c2ncc([C@@H](C)O)c(C)n2)CCCC(C)C1. The van der Waals surface area contributed by atoms with Gasteiger partial charge >= 0.3 is 0 Å². The Balaban J connectivity index is 2.36. The van der Waals surface area contributed by atoms with Crippen LogP contribution in [0.5, 0.6) is 0 Å². The number of aryl methyl sites for hydroxylation is 1. The Morgan fingerprint density at radius 1 is 1.53 bits per heavy atom. The van der Waals surface area contributed by atoms with Gasteiger partial charge in [-0.25, -0.2) is 9.97 Å². The lowest BCUT2D eigenvalue weighted by Gasteiger charge is -2.37. The van der Waals surface area contributed by atoms with Gasteiger partial charge in [0.05, 0.1) is 6.10 Å². The molecule has 2 rings (SSSR count). The smallest absolute Gasteiger partial charge is 0.160 e. The number of aliphatic hydroxyl groups is 1. The number of aromatic nitrogens is 2. The summed E-state index contributed by atoms with van der Waals surface area (Å²) >= 11 is 0. The Bertz CT molecular complexity index is 448. The fourth-order valence-electron chi connectivity index (χ4n) is 3.09. The fourth-order valence-corrected chi connectivity index (χ4v) is 3.09. The summed E-state index contributed by atoms with van der Waals surface area (Å²) in [5.41, 5.74) is 1.29. The first-order chi connectivity index (χ1) is 8.98. The summed E-state index contributed by atoms with van der Waals surface area (Å²) in [7, 11) is 1.75. The molecule has 1 saturated carbocycles. The monoisotopic (exact) mass is 264 g/mol. The van der Waals surface area contributed by atoms with E-state index in [1.165, 1.54) is 6.42 Å². The number of nitrogens with zero attached hydrogens (tertiary/aromatic N) is 2. The second kappa shape index (κ2) is 5.55. The van der Waals surface area contributed by atoms with E-state index < -0.39 is 6.10 Å². The molecule has 19 heavy (non-hydrogen) atoms. The van der Waals surface area contributed by atoms with Crippen LogP contribution in [0.2, 0.25) is 0 Å². The van der Waals surface area contributed by atoms with Crippen molar-refractivity contribution >= 4 is 0 Å². The summed E-state index contributed by atoms with van der Waals surface area (Å²) < 4.78 is 5.80. The van der Waals surface area contributed by atoms with Crippen LogP contribution in [0.3, 0.4) is 0 Å². The third-order valence-corrected chi connectivity index (χ3v) is 4.22. The van der Waals surface area contributed by atoms with Crippen molar-refractivity contribution in [2.75, 3.05) is 7.11 Å². The third kappa shape index (κ3) is 2.79. The summed E-state index contributed by atoms with van der Waals surface area (Å²) in [6.07, 6.45) is 5.55. The lowest BCUT2D eigenvalue weighted by Crippen LogP contribution is -2.36. The number of ether oxygens (including phenoxy) is 1. The molecule has 4 nitrogen and oxygen atoms in total. The Kier molecular flexibility index (Phi) is 4.21. The molecule has 2 unspecified atom stereocenters. The zero-order valence-corrected chi connectivity index (χ0v) is 12.3. The van der Waals surface area contributed by atoms with Gasteiger partial charge < -0.3 is 9.84 Å². The molecule has 0 aromatic carbocycles. The van der Waals surface area contributed by atoms with E-state index in [0.29, 0.717) is 5.92 Å². The maximum Gasteiger partial charge on any atom is 0.160 e. The standard InChI is InChI=1S/C15H24N2O2/c1-10-6-5-7-15(8-10,19-4)14-16-9-13(12(3)18)11(2)17-14/h9-10,12,18H,5-8H2,1-4H3/t10?,12-,15?/m1/s1. The third-order valence-electron chi connectivity index (χ3n) is 4.22. The molecule has 0 radical (unpaired) electrons. The fraction of sp³-hybridized carbons (Fsp3) is 0.733. The van der Waals surface area contributed by atoms with Crippen LogP contribution in [0.4, 0.5) is 0 Å². The highest BCUT2D eigenvalue weighted by Gasteiger charge is 2.39. The van der Waals surface area contributed by atoms with Gasteiger partial charge in [0.15, 0.2) is 5.82 Å². The normalized spacial score (nSPS) is 29.2. The molecular formula is C15H24N2O2. The quantitative estimate of drug-likeness (QED) is 0.912. The van der Waals surface area contributed by atoms with Crippen LogP contribution >= 0.6 is 0 Å². The van der Waals surface area contributed by atoms with Gasteiger partial charge in [0.1, 0.15) is 5.60 Å². The maximum absolute atomic E-state index is 9.66. The van der Waals surface area contributed by atoms with E-state index in [9.17, 15) is 5.11 Å². The Labute approximate surface area is 115 Å². The zero-order chi connectivity index (χ0) is 14.0. The highest BCUT2D eigenvalue weighted by Crippen LogP contribution is 2.41.